The summed E-state index contributed by atoms with van der Waals surface area (Å²) in [4.78, 5) is 14.1. The van der Waals surface area contributed by atoms with Crippen molar-refractivity contribution in [1.82, 2.24) is 9.88 Å². The molecule has 0 unspecified atom stereocenters. The molecule has 2 aromatic heterocycles. The summed E-state index contributed by atoms with van der Waals surface area (Å²) in [5.41, 5.74) is 5.93. The maximum Gasteiger partial charge on any atom is 0.319 e. The Morgan fingerprint density at radius 3 is 2.61 bits per heavy atom. The Morgan fingerprint density at radius 1 is 1.11 bits per heavy atom. The summed E-state index contributed by atoms with van der Waals surface area (Å²) in [5.74, 6) is 0. The van der Waals surface area contributed by atoms with E-state index in [9.17, 15) is 4.79 Å². The summed E-state index contributed by atoms with van der Waals surface area (Å²) >= 11 is 1.87. The number of carbonyl (C=O) groups excluding carboxylic acids is 1. The van der Waals surface area contributed by atoms with Gasteiger partial charge in [-0.15, -0.1) is 11.3 Å². The van der Waals surface area contributed by atoms with Gasteiger partial charge in [0.1, 0.15) is 5.00 Å². The van der Waals surface area contributed by atoms with E-state index in [4.69, 9.17) is 0 Å². The predicted octanol–water partition coefficient (Wildman–Crippen LogP) is 5.92. The lowest BCUT2D eigenvalue weighted by molar-refractivity contribution is 0.249. The molecular formula is C23H27N3OS. The number of aryl methyl sites for hydroxylation is 3. The second-order valence-corrected chi connectivity index (χ2v) is 8.72. The quantitative estimate of drug-likeness (QED) is 0.568. The molecule has 4 nitrogen and oxygen atoms in total. The van der Waals surface area contributed by atoms with Gasteiger partial charge >= 0.3 is 6.03 Å². The Hall–Kier alpha value is -2.53. The largest absolute Gasteiger partial charge is 0.331 e. The number of hydrogen-bond donors (Lipinski definition) is 2. The van der Waals surface area contributed by atoms with Crippen LogP contribution in [-0.2, 0) is 12.8 Å². The van der Waals surface area contributed by atoms with Crippen LogP contribution in [0.5, 0.6) is 0 Å². The number of rotatable bonds is 4. The SMILES string of the molecule is Cc1ccc(NC(=O)N[C@H](C)c2c(-n3cccc3)sc3c2CCCC3)cc1C. The van der Waals surface area contributed by atoms with Gasteiger partial charge < -0.3 is 15.2 Å². The zero-order valence-electron chi connectivity index (χ0n) is 16.7. The van der Waals surface area contributed by atoms with E-state index in [1.54, 1.807) is 0 Å². The molecule has 1 aliphatic rings. The highest BCUT2D eigenvalue weighted by Crippen LogP contribution is 2.40. The number of hydrogen-bond acceptors (Lipinski definition) is 2. The van der Waals surface area contributed by atoms with E-state index in [0.29, 0.717) is 0 Å². The summed E-state index contributed by atoms with van der Waals surface area (Å²) in [5, 5.41) is 7.38. The smallest absolute Gasteiger partial charge is 0.319 e. The molecule has 0 saturated carbocycles. The fraction of sp³-hybridized carbons (Fsp3) is 0.348. The number of anilines is 1. The molecule has 4 rings (SSSR count). The van der Waals surface area contributed by atoms with Crippen LogP contribution in [0.2, 0.25) is 0 Å². The number of fused-ring (bicyclic) bond motifs is 1. The van der Waals surface area contributed by atoms with Gasteiger partial charge in [0.05, 0.1) is 6.04 Å². The predicted molar refractivity (Wildman–Crippen MR) is 117 cm³/mol. The topological polar surface area (TPSA) is 46.1 Å². The number of amides is 2. The first-order valence-corrected chi connectivity index (χ1v) is 10.8. The third-order valence-electron chi connectivity index (χ3n) is 5.58. The van der Waals surface area contributed by atoms with Gasteiger partial charge in [-0.1, -0.05) is 6.07 Å². The van der Waals surface area contributed by atoms with Crippen LogP contribution in [0, 0.1) is 13.8 Å². The van der Waals surface area contributed by atoms with E-state index in [2.05, 4.69) is 48.4 Å². The Morgan fingerprint density at radius 2 is 1.86 bits per heavy atom. The summed E-state index contributed by atoms with van der Waals surface area (Å²) in [6.45, 7) is 6.22. The third kappa shape index (κ3) is 3.72. The van der Waals surface area contributed by atoms with E-state index in [0.717, 1.165) is 18.5 Å². The van der Waals surface area contributed by atoms with E-state index >= 15 is 0 Å². The number of aromatic nitrogens is 1. The Balaban J connectivity index is 1.57. The van der Waals surface area contributed by atoms with Gasteiger partial charge in [0, 0.05) is 28.5 Å². The van der Waals surface area contributed by atoms with Crippen LogP contribution >= 0.6 is 11.3 Å². The zero-order valence-corrected chi connectivity index (χ0v) is 17.5. The van der Waals surface area contributed by atoms with E-state index in [1.165, 1.54) is 45.0 Å². The molecule has 3 aromatic rings. The molecule has 5 heteroatoms. The number of nitrogens with one attached hydrogen (secondary N) is 2. The molecule has 1 atom stereocenters. The van der Waals surface area contributed by atoms with Crippen molar-refractivity contribution in [3.63, 3.8) is 0 Å². The van der Waals surface area contributed by atoms with Gasteiger partial charge in [-0.2, -0.15) is 0 Å². The van der Waals surface area contributed by atoms with Crippen LogP contribution in [0.1, 0.15) is 52.9 Å². The molecular weight excluding hydrogens is 366 g/mol. The minimum atomic E-state index is -0.162. The number of carbonyl (C=O) groups is 1. The summed E-state index contributed by atoms with van der Waals surface area (Å²) in [6.07, 6.45) is 8.91. The van der Waals surface area contributed by atoms with Crippen LogP contribution in [0.4, 0.5) is 10.5 Å². The molecule has 0 spiro atoms. The maximum atomic E-state index is 12.7. The van der Waals surface area contributed by atoms with Crippen LogP contribution in [0.25, 0.3) is 5.00 Å². The second kappa shape index (κ2) is 7.84. The molecule has 146 valence electrons. The van der Waals surface area contributed by atoms with Crippen molar-refractivity contribution >= 4 is 23.1 Å². The summed E-state index contributed by atoms with van der Waals surface area (Å²) < 4.78 is 2.18. The molecule has 0 bridgehead atoms. The van der Waals surface area contributed by atoms with Crippen LogP contribution < -0.4 is 10.6 Å². The lowest BCUT2D eigenvalue weighted by atomic mass is 9.93. The number of urea groups is 1. The number of thiophene rings is 1. The third-order valence-corrected chi connectivity index (χ3v) is 6.90. The maximum absolute atomic E-state index is 12.7. The van der Waals surface area contributed by atoms with Crippen LogP contribution in [0.3, 0.4) is 0 Å². The first-order chi connectivity index (χ1) is 13.5. The highest BCUT2D eigenvalue weighted by atomic mass is 32.1. The normalized spacial score (nSPS) is 14.4. The molecule has 2 amide bonds. The van der Waals surface area contributed by atoms with Gasteiger partial charge in [0.15, 0.2) is 0 Å². The van der Waals surface area contributed by atoms with Crippen molar-refractivity contribution < 1.29 is 4.79 Å². The van der Waals surface area contributed by atoms with E-state index in [-0.39, 0.29) is 12.1 Å². The van der Waals surface area contributed by atoms with Gasteiger partial charge in [-0.05, 0) is 87.4 Å². The van der Waals surface area contributed by atoms with Crippen LogP contribution in [-0.4, -0.2) is 10.6 Å². The highest BCUT2D eigenvalue weighted by Gasteiger charge is 2.25. The van der Waals surface area contributed by atoms with Crippen molar-refractivity contribution in [2.45, 2.75) is 52.5 Å². The van der Waals surface area contributed by atoms with Crippen molar-refractivity contribution in [3.8, 4) is 5.00 Å². The van der Waals surface area contributed by atoms with Crippen molar-refractivity contribution in [3.05, 3.63) is 69.9 Å². The molecule has 1 aromatic carbocycles. The Kier molecular flexibility index (Phi) is 5.27. The fourth-order valence-electron chi connectivity index (χ4n) is 3.94. The summed E-state index contributed by atoms with van der Waals surface area (Å²) in [7, 11) is 0. The first-order valence-electron chi connectivity index (χ1n) is 9.95. The number of benzene rings is 1. The lowest BCUT2D eigenvalue weighted by Gasteiger charge is -2.20. The molecule has 28 heavy (non-hydrogen) atoms. The average Bonchev–Trinajstić information content (AvgIpc) is 3.31. The average molecular weight is 394 g/mol. The molecule has 0 saturated heterocycles. The summed E-state index contributed by atoms with van der Waals surface area (Å²) in [6, 6.07) is 9.88. The minimum absolute atomic E-state index is 0.0537. The standard InChI is InChI=1S/C23H27N3OS/c1-15-10-11-18(14-16(15)2)25-23(27)24-17(3)21-19-8-4-5-9-20(19)28-22(21)26-12-6-7-13-26/h6-7,10-14,17H,4-5,8-9H2,1-3H3,(H2,24,25,27)/t17-/m1/s1. The van der Waals surface area contributed by atoms with Gasteiger partial charge in [0.25, 0.3) is 0 Å². The zero-order chi connectivity index (χ0) is 19.7. The molecule has 1 aliphatic carbocycles. The van der Waals surface area contributed by atoms with E-state index in [1.807, 2.05) is 41.7 Å². The van der Waals surface area contributed by atoms with Crippen molar-refractivity contribution in [2.24, 2.45) is 0 Å². The minimum Gasteiger partial charge on any atom is -0.331 e. The first kappa shape index (κ1) is 18.8. The molecule has 2 N–H and O–H groups in total. The van der Waals surface area contributed by atoms with Crippen molar-refractivity contribution in [2.75, 3.05) is 5.32 Å². The Bertz CT molecular complexity index is 988. The fourth-order valence-corrected chi connectivity index (χ4v) is 5.39. The van der Waals surface area contributed by atoms with Gasteiger partial charge in [-0.25, -0.2) is 4.79 Å². The Labute approximate surface area is 170 Å². The highest BCUT2D eigenvalue weighted by molar-refractivity contribution is 7.15. The molecule has 0 radical (unpaired) electrons. The van der Waals surface area contributed by atoms with Crippen molar-refractivity contribution in [1.29, 1.82) is 0 Å². The molecule has 2 heterocycles. The number of nitrogens with zero attached hydrogens (tertiary/aromatic N) is 1. The van der Waals surface area contributed by atoms with Crippen LogP contribution in [0.15, 0.2) is 42.7 Å². The lowest BCUT2D eigenvalue weighted by Crippen LogP contribution is -2.32. The monoisotopic (exact) mass is 393 g/mol. The van der Waals surface area contributed by atoms with Gasteiger partial charge in [0.2, 0.25) is 0 Å². The van der Waals surface area contributed by atoms with E-state index < -0.39 is 0 Å². The molecule has 0 aliphatic heterocycles. The second-order valence-electron chi connectivity index (χ2n) is 7.64. The molecule has 0 fully saturated rings. The van der Waals surface area contributed by atoms with Gasteiger partial charge in [-0.3, -0.25) is 0 Å².